The molecule has 1 heterocycles. The summed E-state index contributed by atoms with van der Waals surface area (Å²) < 4.78 is 0.598. The van der Waals surface area contributed by atoms with E-state index in [2.05, 4.69) is 5.10 Å². The third-order valence-corrected chi connectivity index (χ3v) is 2.06. The van der Waals surface area contributed by atoms with Crippen molar-refractivity contribution in [2.45, 2.75) is 0 Å². The molecule has 0 fully saturated rings. The number of carbonyl (C=O) groups excluding carboxylic acids is 1. The number of hydrogen-bond acceptors (Lipinski definition) is 4. The predicted octanol–water partition coefficient (Wildman–Crippen LogP) is -0.690. The smallest absolute Gasteiger partial charge is 0.280 e. The summed E-state index contributed by atoms with van der Waals surface area (Å²) in [5.41, 5.74) is 4.77. The van der Waals surface area contributed by atoms with E-state index in [9.17, 15) is 14.4 Å². The summed E-state index contributed by atoms with van der Waals surface area (Å²) in [5.74, 6) is 0. The number of anilines is 1. The van der Waals surface area contributed by atoms with Crippen LogP contribution in [0.15, 0.2) is 27.8 Å². The van der Waals surface area contributed by atoms with Gasteiger partial charge in [-0.1, -0.05) is 0 Å². The van der Waals surface area contributed by atoms with Gasteiger partial charge in [0.25, 0.3) is 11.1 Å². The highest BCUT2D eigenvalue weighted by molar-refractivity contribution is 5.84. The maximum absolute atomic E-state index is 11.5. The average Bonchev–Trinajstić information content (AvgIpc) is 2.23. The molecule has 76 valence electrons. The Morgan fingerprint density at radius 2 is 2.00 bits per heavy atom. The fourth-order valence-corrected chi connectivity index (χ4v) is 1.36. The van der Waals surface area contributed by atoms with E-state index in [1.54, 1.807) is 0 Å². The lowest BCUT2D eigenvalue weighted by Gasteiger charge is -2.00. The van der Waals surface area contributed by atoms with Gasteiger partial charge in [-0.3, -0.25) is 19.5 Å². The van der Waals surface area contributed by atoms with Gasteiger partial charge < -0.3 is 5.73 Å². The van der Waals surface area contributed by atoms with Crippen LogP contribution in [0.3, 0.4) is 0 Å². The number of nitrogen functional groups attached to an aromatic ring is 1. The first-order chi connectivity index (χ1) is 7.13. The van der Waals surface area contributed by atoms with Gasteiger partial charge in [0.2, 0.25) is 6.41 Å². The van der Waals surface area contributed by atoms with Crippen LogP contribution in [-0.2, 0) is 4.79 Å². The molecule has 15 heavy (non-hydrogen) atoms. The van der Waals surface area contributed by atoms with E-state index in [0.717, 1.165) is 0 Å². The molecule has 0 aliphatic heterocycles. The largest absolute Gasteiger partial charge is 0.399 e. The summed E-state index contributed by atoms with van der Waals surface area (Å²) in [6, 6.07) is 4.31. The van der Waals surface area contributed by atoms with Gasteiger partial charge in [0, 0.05) is 5.69 Å². The first kappa shape index (κ1) is 9.20. The lowest BCUT2D eigenvalue weighted by Crippen LogP contribution is -2.29. The molecular formula is C9H7N3O3. The quantitative estimate of drug-likeness (QED) is 0.475. The SMILES string of the molecule is Nc1ccc2c(=O)n(C=O)[nH]c(=O)c2c1. The minimum Gasteiger partial charge on any atom is -0.399 e. The van der Waals surface area contributed by atoms with Crippen LogP contribution in [0.5, 0.6) is 0 Å². The Morgan fingerprint density at radius 3 is 2.67 bits per heavy atom. The number of rotatable bonds is 1. The van der Waals surface area contributed by atoms with Crippen molar-refractivity contribution in [2.24, 2.45) is 0 Å². The fraction of sp³-hybridized carbons (Fsp3) is 0. The van der Waals surface area contributed by atoms with E-state index in [1.165, 1.54) is 18.2 Å². The highest BCUT2D eigenvalue weighted by Gasteiger charge is 2.06. The fourth-order valence-electron chi connectivity index (χ4n) is 1.36. The Morgan fingerprint density at radius 1 is 1.27 bits per heavy atom. The van der Waals surface area contributed by atoms with E-state index < -0.39 is 11.1 Å². The van der Waals surface area contributed by atoms with Crippen LogP contribution < -0.4 is 16.9 Å². The number of nitrogens with zero attached hydrogens (tertiary/aromatic N) is 1. The molecule has 0 saturated heterocycles. The standard InChI is InChI=1S/C9H7N3O3/c10-5-1-2-6-7(3-5)8(14)11-12(4-13)9(6)15/h1-4H,10H2,(H,11,14). The zero-order chi connectivity index (χ0) is 11.0. The number of fused-ring (bicyclic) bond motifs is 1. The molecule has 0 atom stereocenters. The molecule has 0 amide bonds. The van der Waals surface area contributed by atoms with Gasteiger partial charge in [0.15, 0.2) is 0 Å². The third-order valence-electron chi connectivity index (χ3n) is 2.06. The minimum atomic E-state index is -0.570. The summed E-state index contributed by atoms with van der Waals surface area (Å²) in [7, 11) is 0. The Bertz CT molecular complexity index is 654. The summed E-state index contributed by atoms with van der Waals surface area (Å²) in [6.45, 7) is 0. The predicted molar refractivity (Wildman–Crippen MR) is 55.4 cm³/mol. The summed E-state index contributed by atoms with van der Waals surface area (Å²) in [5, 5.41) is 2.47. The van der Waals surface area contributed by atoms with E-state index >= 15 is 0 Å². The van der Waals surface area contributed by atoms with Gasteiger partial charge in [-0.2, -0.15) is 4.68 Å². The second kappa shape index (κ2) is 3.09. The number of aromatic nitrogens is 2. The third kappa shape index (κ3) is 1.32. The monoisotopic (exact) mass is 205 g/mol. The molecule has 0 aliphatic rings. The normalized spacial score (nSPS) is 10.4. The molecule has 0 radical (unpaired) electrons. The Kier molecular flexibility index (Phi) is 1.89. The number of carbonyl (C=O) groups is 1. The topological polar surface area (TPSA) is 97.9 Å². The molecule has 1 aromatic carbocycles. The van der Waals surface area contributed by atoms with E-state index in [0.29, 0.717) is 10.4 Å². The van der Waals surface area contributed by atoms with Crippen LogP contribution in [-0.4, -0.2) is 16.2 Å². The maximum Gasteiger partial charge on any atom is 0.280 e. The Labute approximate surface area is 82.9 Å². The zero-order valence-electron chi connectivity index (χ0n) is 7.56. The van der Waals surface area contributed by atoms with Gasteiger partial charge in [0.1, 0.15) is 0 Å². The van der Waals surface area contributed by atoms with Gasteiger partial charge in [-0.25, -0.2) is 0 Å². The van der Waals surface area contributed by atoms with Crippen LogP contribution in [0.4, 0.5) is 5.69 Å². The maximum atomic E-state index is 11.5. The Balaban J connectivity index is 3.07. The van der Waals surface area contributed by atoms with Crippen LogP contribution in [0.1, 0.15) is 0 Å². The minimum absolute atomic E-state index is 0.167. The molecule has 2 aromatic rings. The number of benzene rings is 1. The lowest BCUT2D eigenvalue weighted by atomic mass is 10.2. The van der Waals surface area contributed by atoms with Crippen LogP contribution in [0.2, 0.25) is 0 Å². The van der Waals surface area contributed by atoms with E-state index in [1.807, 2.05) is 0 Å². The molecule has 0 aliphatic carbocycles. The molecule has 2 rings (SSSR count). The number of H-pyrrole nitrogens is 1. The first-order valence-electron chi connectivity index (χ1n) is 4.13. The molecule has 6 nitrogen and oxygen atoms in total. The second-order valence-corrected chi connectivity index (χ2v) is 3.03. The number of nitrogens with two attached hydrogens (primary N) is 1. The van der Waals surface area contributed by atoms with Crippen molar-refractivity contribution in [3.8, 4) is 0 Å². The van der Waals surface area contributed by atoms with Crippen molar-refractivity contribution in [3.05, 3.63) is 38.9 Å². The zero-order valence-corrected chi connectivity index (χ0v) is 7.56. The van der Waals surface area contributed by atoms with Crippen LogP contribution in [0, 0.1) is 0 Å². The Hall–Kier alpha value is -2.37. The van der Waals surface area contributed by atoms with Crippen molar-refractivity contribution < 1.29 is 4.79 Å². The average molecular weight is 205 g/mol. The summed E-state index contributed by atoms with van der Waals surface area (Å²) in [6.07, 6.45) is 0.250. The van der Waals surface area contributed by atoms with Crippen molar-refractivity contribution >= 4 is 22.9 Å². The van der Waals surface area contributed by atoms with Crippen molar-refractivity contribution in [1.82, 2.24) is 9.78 Å². The first-order valence-corrected chi connectivity index (χ1v) is 4.13. The van der Waals surface area contributed by atoms with Gasteiger partial charge in [-0.15, -0.1) is 0 Å². The highest BCUT2D eigenvalue weighted by atomic mass is 16.2. The second-order valence-electron chi connectivity index (χ2n) is 3.03. The van der Waals surface area contributed by atoms with Gasteiger partial charge in [0.05, 0.1) is 10.8 Å². The molecule has 0 spiro atoms. The lowest BCUT2D eigenvalue weighted by molar-refractivity contribution is 0.536. The molecule has 0 bridgehead atoms. The van der Waals surface area contributed by atoms with E-state index in [-0.39, 0.29) is 17.2 Å². The van der Waals surface area contributed by atoms with Gasteiger partial charge in [-0.05, 0) is 18.2 Å². The molecule has 0 unspecified atom stereocenters. The highest BCUT2D eigenvalue weighted by Crippen LogP contribution is 2.08. The van der Waals surface area contributed by atoms with E-state index in [4.69, 9.17) is 5.73 Å². The number of aromatic amines is 1. The summed E-state index contributed by atoms with van der Waals surface area (Å²) >= 11 is 0. The number of nitrogens with one attached hydrogen (secondary N) is 1. The molecular weight excluding hydrogens is 198 g/mol. The van der Waals surface area contributed by atoms with Crippen LogP contribution >= 0.6 is 0 Å². The molecule has 0 saturated carbocycles. The van der Waals surface area contributed by atoms with Crippen molar-refractivity contribution in [1.29, 1.82) is 0 Å². The van der Waals surface area contributed by atoms with Crippen molar-refractivity contribution in [2.75, 3.05) is 5.73 Å². The van der Waals surface area contributed by atoms with Crippen molar-refractivity contribution in [3.63, 3.8) is 0 Å². The molecule has 3 N–H and O–H groups in total. The molecule has 1 aromatic heterocycles. The summed E-state index contributed by atoms with van der Waals surface area (Å²) in [4.78, 5) is 33.4. The number of hydrogen-bond donors (Lipinski definition) is 2. The van der Waals surface area contributed by atoms with Crippen LogP contribution in [0.25, 0.3) is 10.8 Å². The molecule has 6 heteroatoms. The van der Waals surface area contributed by atoms with Gasteiger partial charge >= 0.3 is 0 Å².